The molecule has 1 heterocycles. The standard InChI is InChI=1S/C20H32N4O4/c1-15(28-18-7-5-6-17(10-18)26-4)11-21-20(23-13-19(25)24(2)3)22-12-16-8-9-27-14-16/h5-7,10,15-16H,8-9,11-14H2,1-4H3,(H2,21,22,23). The molecule has 2 atom stereocenters. The van der Waals surface area contributed by atoms with Crippen molar-refractivity contribution in [3.05, 3.63) is 24.3 Å². The number of benzene rings is 1. The highest BCUT2D eigenvalue weighted by Gasteiger charge is 2.16. The predicted octanol–water partition coefficient (Wildman–Crippen LogP) is 1.12. The molecule has 1 fully saturated rings. The van der Waals surface area contributed by atoms with E-state index in [1.54, 1.807) is 21.2 Å². The molecule has 1 saturated heterocycles. The molecule has 156 valence electrons. The van der Waals surface area contributed by atoms with Gasteiger partial charge in [0, 0.05) is 39.2 Å². The molecule has 2 unspecified atom stereocenters. The Balaban J connectivity index is 1.87. The first-order chi connectivity index (χ1) is 13.5. The number of aliphatic imine (C=N–C) groups is 1. The summed E-state index contributed by atoms with van der Waals surface area (Å²) < 4.78 is 16.6. The van der Waals surface area contributed by atoms with E-state index in [2.05, 4.69) is 15.6 Å². The fourth-order valence-electron chi connectivity index (χ4n) is 2.64. The number of guanidine groups is 1. The lowest BCUT2D eigenvalue weighted by Crippen LogP contribution is -2.44. The Hall–Kier alpha value is -2.48. The van der Waals surface area contributed by atoms with Crippen molar-refractivity contribution in [3.63, 3.8) is 0 Å². The largest absolute Gasteiger partial charge is 0.497 e. The zero-order valence-electron chi connectivity index (χ0n) is 17.2. The number of hydrogen-bond donors (Lipinski definition) is 2. The van der Waals surface area contributed by atoms with E-state index >= 15 is 0 Å². The first-order valence-corrected chi connectivity index (χ1v) is 9.58. The lowest BCUT2D eigenvalue weighted by atomic mass is 10.1. The van der Waals surface area contributed by atoms with Crippen molar-refractivity contribution in [3.8, 4) is 11.5 Å². The van der Waals surface area contributed by atoms with Crippen LogP contribution in [0.1, 0.15) is 13.3 Å². The van der Waals surface area contributed by atoms with Crippen molar-refractivity contribution in [2.75, 3.05) is 54.1 Å². The Morgan fingerprint density at radius 1 is 1.36 bits per heavy atom. The van der Waals surface area contributed by atoms with E-state index in [1.807, 2.05) is 31.2 Å². The van der Waals surface area contributed by atoms with Gasteiger partial charge in [-0.3, -0.25) is 4.79 Å². The van der Waals surface area contributed by atoms with Crippen molar-refractivity contribution in [2.45, 2.75) is 19.4 Å². The van der Waals surface area contributed by atoms with Crippen LogP contribution in [0.3, 0.4) is 0 Å². The van der Waals surface area contributed by atoms with Crippen LogP contribution in [0.25, 0.3) is 0 Å². The Kier molecular flexibility index (Phi) is 8.87. The summed E-state index contributed by atoms with van der Waals surface area (Å²) in [7, 11) is 5.07. The van der Waals surface area contributed by atoms with Crippen LogP contribution < -0.4 is 20.1 Å². The quantitative estimate of drug-likeness (QED) is 0.484. The Bertz CT molecular complexity index is 645. The summed E-state index contributed by atoms with van der Waals surface area (Å²) in [6, 6.07) is 7.50. The maximum Gasteiger partial charge on any atom is 0.243 e. The zero-order valence-corrected chi connectivity index (χ0v) is 17.2. The third-order valence-electron chi connectivity index (χ3n) is 4.39. The molecule has 0 radical (unpaired) electrons. The molecule has 0 saturated carbocycles. The van der Waals surface area contributed by atoms with Crippen LogP contribution in [-0.4, -0.2) is 76.9 Å². The monoisotopic (exact) mass is 392 g/mol. The van der Waals surface area contributed by atoms with Crippen molar-refractivity contribution in [2.24, 2.45) is 10.9 Å². The van der Waals surface area contributed by atoms with E-state index in [0.717, 1.165) is 37.7 Å². The summed E-state index contributed by atoms with van der Waals surface area (Å²) in [5.41, 5.74) is 0. The topological polar surface area (TPSA) is 84.4 Å². The Labute approximate surface area is 167 Å². The number of nitrogens with one attached hydrogen (secondary N) is 2. The van der Waals surface area contributed by atoms with Gasteiger partial charge >= 0.3 is 0 Å². The second-order valence-electron chi connectivity index (χ2n) is 7.05. The normalized spacial score (nSPS) is 17.7. The third kappa shape index (κ3) is 7.64. The van der Waals surface area contributed by atoms with Crippen LogP contribution in [0.5, 0.6) is 11.5 Å². The summed E-state index contributed by atoms with van der Waals surface area (Å²) in [4.78, 5) is 17.8. The van der Waals surface area contributed by atoms with Gasteiger partial charge in [-0.15, -0.1) is 0 Å². The van der Waals surface area contributed by atoms with Crippen molar-refractivity contribution >= 4 is 11.9 Å². The van der Waals surface area contributed by atoms with E-state index in [9.17, 15) is 4.79 Å². The van der Waals surface area contributed by atoms with Gasteiger partial charge in [-0.05, 0) is 25.5 Å². The SMILES string of the molecule is COc1cccc(OC(C)CNC(=NCC(=O)N(C)C)NCC2CCOC2)c1. The summed E-state index contributed by atoms with van der Waals surface area (Å²) in [5, 5.41) is 6.56. The fraction of sp³-hybridized carbons (Fsp3) is 0.600. The first-order valence-electron chi connectivity index (χ1n) is 9.58. The van der Waals surface area contributed by atoms with Crippen LogP contribution >= 0.6 is 0 Å². The van der Waals surface area contributed by atoms with Crippen molar-refractivity contribution in [1.29, 1.82) is 0 Å². The number of amides is 1. The molecule has 0 bridgehead atoms. The number of carbonyl (C=O) groups is 1. The number of likely N-dealkylation sites (N-methyl/N-ethyl adjacent to an activating group) is 1. The zero-order chi connectivity index (χ0) is 20.4. The molecular formula is C20H32N4O4. The number of hydrogen-bond acceptors (Lipinski definition) is 5. The van der Waals surface area contributed by atoms with Crippen LogP contribution in [0.15, 0.2) is 29.3 Å². The molecule has 0 spiro atoms. The summed E-state index contributed by atoms with van der Waals surface area (Å²) in [6.45, 7) is 4.92. The van der Waals surface area contributed by atoms with E-state index in [1.165, 1.54) is 4.90 Å². The molecule has 2 N–H and O–H groups in total. The van der Waals surface area contributed by atoms with Gasteiger partial charge in [0.05, 0.1) is 20.3 Å². The smallest absolute Gasteiger partial charge is 0.243 e. The highest BCUT2D eigenvalue weighted by atomic mass is 16.5. The van der Waals surface area contributed by atoms with Gasteiger partial charge in [0.25, 0.3) is 0 Å². The van der Waals surface area contributed by atoms with Gasteiger partial charge in [0.15, 0.2) is 5.96 Å². The second kappa shape index (κ2) is 11.4. The highest BCUT2D eigenvalue weighted by Crippen LogP contribution is 2.19. The third-order valence-corrected chi connectivity index (χ3v) is 4.39. The molecule has 1 aromatic carbocycles. The summed E-state index contributed by atoms with van der Waals surface area (Å²) >= 11 is 0. The molecule has 28 heavy (non-hydrogen) atoms. The molecule has 1 aliphatic rings. The van der Waals surface area contributed by atoms with Gasteiger partial charge in [0.2, 0.25) is 5.91 Å². The first kappa shape index (κ1) is 21.8. The fourth-order valence-corrected chi connectivity index (χ4v) is 2.64. The Morgan fingerprint density at radius 3 is 2.82 bits per heavy atom. The van der Waals surface area contributed by atoms with Crippen LogP contribution in [0, 0.1) is 5.92 Å². The van der Waals surface area contributed by atoms with Crippen LogP contribution in [-0.2, 0) is 9.53 Å². The summed E-state index contributed by atoms with van der Waals surface area (Å²) in [6.07, 6.45) is 0.935. The minimum absolute atomic E-state index is 0.0500. The molecule has 0 aromatic heterocycles. The van der Waals surface area contributed by atoms with E-state index in [0.29, 0.717) is 18.4 Å². The molecular weight excluding hydrogens is 360 g/mol. The van der Waals surface area contributed by atoms with Gasteiger partial charge in [0.1, 0.15) is 24.1 Å². The molecule has 2 rings (SSSR count). The van der Waals surface area contributed by atoms with Crippen molar-refractivity contribution < 1.29 is 19.0 Å². The summed E-state index contributed by atoms with van der Waals surface area (Å²) in [5.74, 6) is 2.50. The molecule has 1 amide bonds. The number of methoxy groups -OCH3 is 1. The number of rotatable bonds is 9. The average molecular weight is 393 g/mol. The lowest BCUT2D eigenvalue weighted by Gasteiger charge is -2.19. The van der Waals surface area contributed by atoms with Crippen LogP contribution in [0.4, 0.5) is 0 Å². The molecule has 1 aliphatic heterocycles. The maximum absolute atomic E-state index is 11.9. The van der Waals surface area contributed by atoms with Gasteiger partial charge < -0.3 is 29.7 Å². The van der Waals surface area contributed by atoms with Crippen LogP contribution in [0.2, 0.25) is 0 Å². The van der Waals surface area contributed by atoms with E-state index < -0.39 is 0 Å². The van der Waals surface area contributed by atoms with E-state index in [4.69, 9.17) is 14.2 Å². The lowest BCUT2D eigenvalue weighted by molar-refractivity contribution is -0.127. The number of nitrogens with zero attached hydrogens (tertiary/aromatic N) is 2. The molecule has 0 aliphatic carbocycles. The van der Waals surface area contributed by atoms with Crippen molar-refractivity contribution in [1.82, 2.24) is 15.5 Å². The number of carbonyl (C=O) groups excluding carboxylic acids is 1. The minimum Gasteiger partial charge on any atom is -0.497 e. The van der Waals surface area contributed by atoms with Gasteiger partial charge in [-0.25, -0.2) is 4.99 Å². The highest BCUT2D eigenvalue weighted by molar-refractivity contribution is 5.84. The number of ether oxygens (including phenoxy) is 3. The van der Waals surface area contributed by atoms with Gasteiger partial charge in [-0.2, -0.15) is 0 Å². The maximum atomic E-state index is 11.9. The Morgan fingerprint density at radius 2 is 2.14 bits per heavy atom. The predicted molar refractivity (Wildman–Crippen MR) is 109 cm³/mol. The van der Waals surface area contributed by atoms with E-state index in [-0.39, 0.29) is 18.6 Å². The molecule has 8 nitrogen and oxygen atoms in total. The average Bonchev–Trinajstić information content (AvgIpc) is 3.20. The molecule has 8 heteroatoms. The second-order valence-corrected chi connectivity index (χ2v) is 7.05. The van der Waals surface area contributed by atoms with Gasteiger partial charge in [-0.1, -0.05) is 6.07 Å². The minimum atomic E-state index is -0.0986. The molecule has 1 aromatic rings.